The largest absolute Gasteiger partial charge is 0.302 e. The van der Waals surface area contributed by atoms with Gasteiger partial charge in [-0.25, -0.2) is 4.39 Å². The van der Waals surface area contributed by atoms with E-state index in [-0.39, 0.29) is 5.82 Å². The van der Waals surface area contributed by atoms with Crippen molar-refractivity contribution in [1.82, 2.24) is 14.8 Å². The minimum Gasteiger partial charge on any atom is -0.302 e. The monoisotopic (exact) mass is 381 g/mol. The first-order valence-electron chi connectivity index (χ1n) is 7.70. The summed E-state index contributed by atoms with van der Waals surface area (Å²) in [5.74, 6) is 0.992. The van der Waals surface area contributed by atoms with Gasteiger partial charge in [-0.2, -0.15) is 0 Å². The number of hydrogen-bond acceptors (Lipinski definition) is 4. The molecule has 0 N–H and O–H groups in total. The van der Waals surface area contributed by atoms with Gasteiger partial charge in [0.1, 0.15) is 5.82 Å². The minimum absolute atomic E-state index is 0.289. The van der Waals surface area contributed by atoms with Crippen molar-refractivity contribution in [3.8, 4) is 11.4 Å². The van der Waals surface area contributed by atoms with E-state index in [1.165, 1.54) is 22.7 Å². The summed E-state index contributed by atoms with van der Waals surface area (Å²) in [6, 6.07) is 6.90. The van der Waals surface area contributed by atoms with Crippen LogP contribution in [0, 0.1) is 5.82 Å². The van der Waals surface area contributed by atoms with Crippen molar-refractivity contribution < 1.29 is 4.39 Å². The van der Waals surface area contributed by atoms with Crippen molar-refractivity contribution >= 4 is 34.7 Å². The Morgan fingerprint density at radius 1 is 1.29 bits per heavy atom. The zero-order valence-corrected chi connectivity index (χ0v) is 15.8. The van der Waals surface area contributed by atoms with Crippen molar-refractivity contribution in [2.24, 2.45) is 0 Å². The van der Waals surface area contributed by atoms with Gasteiger partial charge in [0.05, 0.1) is 0 Å². The molecule has 3 rings (SSSR count). The van der Waals surface area contributed by atoms with Crippen molar-refractivity contribution in [3.63, 3.8) is 0 Å². The highest BCUT2D eigenvalue weighted by atomic mass is 35.5. The van der Waals surface area contributed by atoms with Gasteiger partial charge in [-0.05, 0) is 31.5 Å². The highest BCUT2D eigenvalue weighted by molar-refractivity contribution is 7.98. The number of halogens is 2. The summed E-state index contributed by atoms with van der Waals surface area (Å²) in [6.07, 6.45) is 1.01. The molecule has 3 nitrogen and oxygen atoms in total. The molecule has 0 aliphatic rings. The number of aryl methyl sites for hydroxylation is 1. The van der Waals surface area contributed by atoms with Gasteiger partial charge in [0.2, 0.25) is 0 Å². The van der Waals surface area contributed by atoms with E-state index in [4.69, 9.17) is 11.6 Å². The van der Waals surface area contributed by atoms with E-state index in [1.807, 2.05) is 0 Å². The predicted octanol–water partition coefficient (Wildman–Crippen LogP) is 5.67. The Balaban J connectivity index is 1.84. The molecule has 7 heteroatoms. The number of benzene rings is 1. The van der Waals surface area contributed by atoms with E-state index < -0.39 is 0 Å². The van der Waals surface area contributed by atoms with Crippen LogP contribution in [0.3, 0.4) is 0 Å². The van der Waals surface area contributed by atoms with Crippen LogP contribution in [0.4, 0.5) is 4.39 Å². The third-order valence-corrected chi connectivity index (χ3v) is 6.13. The molecule has 0 atom stereocenters. The van der Waals surface area contributed by atoms with E-state index >= 15 is 0 Å². The lowest BCUT2D eigenvalue weighted by molar-refractivity contribution is 0.617. The Bertz CT molecular complexity index is 824. The summed E-state index contributed by atoms with van der Waals surface area (Å²) in [5, 5.41) is 11.9. The van der Waals surface area contributed by atoms with Crippen LogP contribution >= 0.6 is 34.7 Å². The topological polar surface area (TPSA) is 30.7 Å². The molecule has 2 heterocycles. The lowest BCUT2D eigenvalue weighted by Gasteiger charge is -2.08. The van der Waals surface area contributed by atoms with E-state index in [0.717, 1.165) is 29.5 Å². The standard InChI is InChI=1S/C17H17ClFN3S2/c1-3-12-8-11(9-23-12)16-20-21-17(22(16)4-2)24-10-13-14(18)6-5-7-15(13)19/h5-9H,3-4,10H2,1-2H3. The fraction of sp³-hybridized carbons (Fsp3) is 0.294. The quantitative estimate of drug-likeness (QED) is 0.515. The summed E-state index contributed by atoms with van der Waals surface area (Å²) in [4.78, 5) is 1.32. The van der Waals surface area contributed by atoms with E-state index in [1.54, 1.807) is 23.5 Å². The van der Waals surface area contributed by atoms with Crippen molar-refractivity contribution in [2.45, 2.75) is 37.7 Å². The summed E-state index contributed by atoms with van der Waals surface area (Å²) in [5.41, 5.74) is 1.59. The molecule has 0 aliphatic heterocycles. The lowest BCUT2D eigenvalue weighted by Crippen LogP contribution is -2.00. The van der Waals surface area contributed by atoms with E-state index in [2.05, 4.69) is 40.1 Å². The van der Waals surface area contributed by atoms with Gasteiger partial charge in [-0.15, -0.1) is 21.5 Å². The Morgan fingerprint density at radius 3 is 2.79 bits per heavy atom. The van der Waals surface area contributed by atoms with Gasteiger partial charge in [0, 0.05) is 38.7 Å². The van der Waals surface area contributed by atoms with Crippen LogP contribution in [0.25, 0.3) is 11.4 Å². The van der Waals surface area contributed by atoms with Gasteiger partial charge >= 0.3 is 0 Å². The average molecular weight is 382 g/mol. The van der Waals surface area contributed by atoms with E-state index in [9.17, 15) is 4.39 Å². The molecular weight excluding hydrogens is 365 g/mol. The third kappa shape index (κ3) is 3.50. The van der Waals surface area contributed by atoms with Crippen molar-refractivity contribution in [3.05, 3.63) is 50.9 Å². The molecule has 0 saturated carbocycles. The number of aromatic nitrogens is 3. The fourth-order valence-electron chi connectivity index (χ4n) is 2.38. The number of thiophene rings is 1. The van der Waals surface area contributed by atoms with Crippen LogP contribution in [0.15, 0.2) is 34.8 Å². The van der Waals surface area contributed by atoms with Gasteiger partial charge in [0.25, 0.3) is 0 Å². The Labute approximate surface area is 153 Å². The summed E-state index contributed by atoms with van der Waals surface area (Å²) < 4.78 is 16.0. The molecule has 0 spiro atoms. The SMILES string of the molecule is CCc1cc(-c2nnc(SCc3c(F)cccc3Cl)n2CC)cs1. The zero-order valence-electron chi connectivity index (χ0n) is 13.4. The Morgan fingerprint density at radius 2 is 2.12 bits per heavy atom. The first kappa shape index (κ1) is 17.5. The molecule has 126 valence electrons. The summed E-state index contributed by atoms with van der Waals surface area (Å²) in [6.45, 7) is 4.95. The van der Waals surface area contributed by atoms with Crippen LogP contribution in [0.5, 0.6) is 0 Å². The maximum absolute atomic E-state index is 13.9. The molecular formula is C17H17ClFN3S2. The number of nitrogens with zero attached hydrogens (tertiary/aromatic N) is 3. The van der Waals surface area contributed by atoms with Crippen molar-refractivity contribution in [2.75, 3.05) is 0 Å². The van der Waals surface area contributed by atoms with E-state index in [0.29, 0.717) is 16.3 Å². The average Bonchev–Trinajstić information content (AvgIpc) is 3.20. The predicted molar refractivity (Wildman–Crippen MR) is 99.4 cm³/mol. The van der Waals surface area contributed by atoms with Crippen LogP contribution < -0.4 is 0 Å². The molecule has 0 bridgehead atoms. The molecule has 0 aliphatic carbocycles. The van der Waals surface area contributed by atoms with Crippen LogP contribution in [0.2, 0.25) is 5.02 Å². The number of hydrogen-bond donors (Lipinski definition) is 0. The third-order valence-electron chi connectivity index (χ3n) is 3.70. The minimum atomic E-state index is -0.289. The maximum atomic E-state index is 13.9. The van der Waals surface area contributed by atoms with Crippen LogP contribution in [-0.2, 0) is 18.7 Å². The molecule has 24 heavy (non-hydrogen) atoms. The second kappa shape index (κ2) is 7.68. The second-order valence-electron chi connectivity index (χ2n) is 5.19. The Hall–Kier alpha value is -1.37. The maximum Gasteiger partial charge on any atom is 0.191 e. The smallest absolute Gasteiger partial charge is 0.191 e. The van der Waals surface area contributed by atoms with Gasteiger partial charge in [0.15, 0.2) is 11.0 Å². The van der Waals surface area contributed by atoms with Gasteiger partial charge in [-0.3, -0.25) is 0 Å². The molecule has 2 aromatic heterocycles. The van der Waals surface area contributed by atoms with Gasteiger partial charge in [-0.1, -0.05) is 36.4 Å². The first-order chi connectivity index (χ1) is 11.6. The number of rotatable bonds is 6. The molecule has 0 radical (unpaired) electrons. The molecule has 0 amide bonds. The lowest BCUT2D eigenvalue weighted by atomic mass is 10.2. The molecule has 0 saturated heterocycles. The van der Waals surface area contributed by atoms with Crippen molar-refractivity contribution in [1.29, 1.82) is 0 Å². The Kier molecular flexibility index (Phi) is 5.58. The highest BCUT2D eigenvalue weighted by Gasteiger charge is 2.16. The molecule has 1 aromatic carbocycles. The van der Waals surface area contributed by atoms with Gasteiger partial charge < -0.3 is 4.57 Å². The summed E-state index contributed by atoms with van der Waals surface area (Å²) >= 11 is 9.28. The van der Waals surface area contributed by atoms with Crippen LogP contribution in [-0.4, -0.2) is 14.8 Å². The van der Waals surface area contributed by atoms with Crippen LogP contribution in [0.1, 0.15) is 24.3 Å². The zero-order chi connectivity index (χ0) is 17.1. The fourth-order valence-corrected chi connectivity index (χ4v) is 4.54. The first-order valence-corrected chi connectivity index (χ1v) is 9.95. The molecule has 0 unspecified atom stereocenters. The molecule has 3 aromatic rings. The second-order valence-corrected chi connectivity index (χ2v) is 7.54. The number of thioether (sulfide) groups is 1. The molecule has 0 fully saturated rings. The highest BCUT2D eigenvalue weighted by Crippen LogP contribution is 2.31. The summed E-state index contributed by atoms with van der Waals surface area (Å²) in [7, 11) is 0. The normalized spacial score (nSPS) is 11.2.